The van der Waals surface area contributed by atoms with Crippen LogP contribution < -0.4 is 10.1 Å². The minimum absolute atomic E-state index is 0.126. The van der Waals surface area contributed by atoms with Crippen molar-refractivity contribution in [2.75, 3.05) is 5.32 Å². The molecule has 0 spiro atoms. The van der Waals surface area contributed by atoms with E-state index in [1.165, 1.54) is 12.3 Å². The van der Waals surface area contributed by atoms with Crippen molar-refractivity contribution in [3.8, 4) is 5.75 Å². The second-order valence-corrected chi connectivity index (χ2v) is 6.27. The van der Waals surface area contributed by atoms with Crippen molar-refractivity contribution < 1.29 is 22.3 Å². The topological polar surface area (TPSA) is 34.2 Å². The van der Waals surface area contributed by atoms with Crippen molar-refractivity contribution in [1.82, 2.24) is 4.98 Å². The molecule has 0 bridgehead atoms. The lowest BCUT2D eigenvalue weighted by atomic mass is 10.2. The number of alkyl halides is 3. The van der Waals surface area contributed by atoms with Gasteiger partial charge in [-0.3, -0.25) is 0 Å². The van der Waals surface area contributed by atoms with Gasteiger partial charge in [0.1, 0.15) is 0 Å². The van der Waals surface area contributed by atoms with Crippen molar-refractivity contribution in [2.24, 2.45) is 0 Å². The van der Waals surface area contributed by atoms with Gasteiger partial charge in [0.05, 0.1) is 12.2 Å². The van der Waals surface area contributed by atoms with Crippen LogP contribution in [0.3, 0.4) is 0 Å². The van der Waals surface area contributed by atoms with Crippen molar-refractivity contribution in [2.45, 2.75) is 12.9 Å². The van der Waals surface area contributed by atoms with Crippen LogP contribution in [0.25, 0.3) is 0 Å². The van der Waals surface area contributed by atoms with Crippen molar-refractivity contribution in [3.05, 3.63) is 38.0 Å². The second-order valence-electron chi connectivity index (χ2n) is 3.71. The molecular formula is C11H6BrClF4N2OS. The van der Waals surface area contributed by atoms with Crippen molar-refractivity contribution in [3.63, 3.8) is 0 Å². The van der Waals surface area contributed by atoms with E-state index < -0.39 is 17.9 Å². The number of thiazole rings is 1. The number of nitrogens with one attached hydrogen (secondary N) is 1. The first kappa shape index (κ1) is 16.3. The molecule has 114 valence electrons. The Bertz CT molecular complexity index is 650. The fourth-order valence-corrected chi connectivity index (χ4v) is 2.82. The lowest BCUT2D eigenvalue weighted by Crippen LogP contribution is -2.19. The molecule has 0 saturated heterocycles. The summed E-state index contributed by atoms with van der Waals surface area (Å²) in [7, 11) is 0. The van der Waals surface area contributed by atoms with Crippen LogP contribution in [0.15, 0.2) is 22.8 Å². The molecule has 0 aliphatic carbocycles. The van der Waals surface area contributed by atoms with E-state index in [2.05, 4.69) is 31.0 Å². The highest BCUT2D eigenvalue weighted by Crippen LogP contribution is 2.38. The summed E-state index contributed by atoms with van der Waals surface area (Å²) in [6.45, 7) is 0.126. The Balaban J connectivity index is 2.26. The quantitative estimate of drug-likeness (QED) is 0.709. The standard InChI is InChI=1S/C11H6BrClF4N2OS/c12-6-1-2-7(14)9(20-11(15,16)17)8(6)18-3-5-4-19-10(13)21-5/h1-2,4,18H,3H2. The molecule has 1 N–H and O–H groups in total. The van der Waals surface area contributed by atoms with E-state index >= 15 is 0 Å². The van der Waals surface area contributed by atoms with E-state index in [4.69, 9.17) is 11.6 Å². The van der Waals surface area contributed by atoms with Gasteiger partial charge in [0.15, 0.2) is 16.0 Å². The molecule has 0 fully saturated rings. The first-order valence-corrected chi connectivity index (χ1v) is 7.33. The van der Waals surface area contributed by atoms with E-state index in [1.807, 2.05) is 0 Å². The molecular weight excluding hydrogens is 400 g/mol. The number of hydrogen-bond acceptors (Lipinski definition) is 4. The zero-order valence-electron chi connectivity index (χ0n) is 9.97. The highest BCUT2D eigenvalue weighted by molar-refractivity contribution is 9.10. The fraction of sp³-hybridized carbons (Fsp3) is 0.182. The summed E-state index contributed by atoms with van der Waals surface area (Å²) in [4.78, 5) is 4.47. The van der Waals surface area contributed by atoms with Gasteiger partial charge >= 0.3 is 6.36 Å². The van der Waals surface area contributed by atoms with E-state index in [0.717, 1.165) is 17.4 Å². The van der Waals surface area contributed by atoms with E-state index in [1.54, 1.807) is 0 Å². The Morgan fingerprint density at radius 2 is 2.10 bits per heavy atom. The third-order valence-electron chi connectivity index (χ3n) is 2.24. The molecule has 10 heteroatoms. The summed E-state index contributed by atoms with van der Waals surface area (Å²) >= 11 is 9.86. The number of hydrogen-bond donors (Lipinski definition) is 1. The average molecular weight is 406 g/mol. The summed E-state index contributed by atoms with van der Waals surface area (Å²) in [5.41, 5.74) is -0.142. The summed E-state index contributed by atoms with van der Waals surface area (Å²) in [6, 6.07) is 2.15. The molecule has 1 aromatic carbocycles. The fourth-order valence-electron chi connectivity index (χ4n) is 1.45. The Hall–Kier alpha value is -1.06. The average Bonchev–Trinajstić information content (AvgIpc) is 2.78. The van der Waals surface area contributed by atoms with Crippen molar-refractivity contribution >= 4 is 44.6 Å². The van der Waals surface area contributed by atoms with Gasteiger partial charge in [0, 0.05) is 15.5 Å². The van der Waals surface area contributed by atoms with Gasteiger partial charge in [0.25, 0.3) is 0 Å². The predicted octanol–water partition coefficient (Wildman–Crippen LogP) is 5.21. The lowest BCUT2D eigenvalue weighted by Gasteiger charge is -2.16. The third kappa shape index (κ3) is 4.45. The van der Waals surface area contributed by atoms with Crippen LogP contribution in [0.1, 0.15) is 4.88 Å². The van der Waals surface area contributed by atoms with Crippen LogP contribution in [-0.2, 0) is 6.54 Å². The normalized spacial score (nSPS) is 11.5. The Morgan fingerprint density at radius 1 is 1.38 bits per heavy atom. The minimum atomic E-state index is -4.99. The van der Waals surface area contributed by atoms with Gasteiger partial charge in [-0.1, -0.05) is 11.6 Å². The zero-order valence-corrected chi connectivity index (χ0v) is 13.1. The molecule has 1 aromatic heterocycles. The molecule has 3 nitrogen and oxygen atoms in total. The molecule has 21 heavy (non-hydrogen) atoms. The lowest BCUT2D eigenvalue weighted by molar-refractivity contribution is -0.275. The van der Waals surface area contributed by atoms with Crippen LogP contribution in [0.4, 0.5) is 23.2 Å². The smallest absolute Gasteiger partial charge is 0.400 e. The Kier molecular flexibility index (Phi) is 4.95. The Morgan fingerprint density at radius 3 is 2.67 bits per heavy atom. The highest BCUT2D eigenvalue weighted by atomic mass is 79.9. The predicted molar refractivity (Wildman–Crippen MR) is 75.2 cm³/mol. The number of rotatable bonds is 4. The van der Waals surface area contributed by atoms with Crippen molar-refractivity contribution in [1.29, 1.82) is 0 Å². The van der Waals surface area contributed by atoms with Gasteiger partial charge in [-0.05, 0) is 28.1 Å². The number of nitrogens with zero attached hydrogens (tertiary/aromatic N) is 1. The molecule has 0 atom stereocenters. The number of anilines is 1. The van der Waals surface area contributed by atoms with Crippen LogP contribution in [0.5, 0.6) is 5.75 Å². The minimum Gasteiger partial charge on any atom is -0.400 e. The molecule has 1 heterocycles. The Labute approximate surface area is 134 Å². The summed E-state index contributed by atoms with van der Waals surface area (Å²) in [5, 5.41) is 2.67. The molecule has 0 amide bonds. The molecule has 0 saturated carbocycles. The molecule has 0 aliphatic heterocycles. The van der Waals surface area contributed by atoms with Crippen LogP contribution >= 0.6 is 38.9 Å². The second kappa shape index (κ2) is 6.37. The first-order chi connectivity index (χ1) is 9.76. The van der Waals surface area contributed by atoms with Gasteiger partial charge in [0.2, 0.25) is 0 Å². The van der Waals surface area contributed by atoms with Gasteiger partial charge < -0.3 is 10.1 Å². The SMILES string of the molecule is Fc1ccc(Br)c(NCc2cnc(Cl)s2)c1OC(F)(F)F. The van der Waals surface area contributed by atoms with Gasteiger partial charge in [-0.2, -0.15) is 0 Å². The monoisotopic (exact) mass is 404 g/mol. The third-order valence-corrected chi connectivity index (χ3v) is 4.02. The summed E-state index contributed by atoms with van der Waals surface area (Å²) in [5.74, 6) is -2.05. The van der Waals surface area contributed by atoms with Crippen LogP contribution in [0.2, 0.25) is 4.47 Å². The van der Waals surface area contributed by atoms with Crippen LogP contribution in [0, 0.1) is 5.82 Å². The summed E-state index contributed by atoms with van der Waals surface area (Å²) < 4.78 is 54.9. The number of halogens is 6. The largest absolute Gasteiger partial charge is 0.573 e. The zero-order chi connectivity index (χ0) is 15.6. The number of benzene rings is 1. The molecule has 2 aromatic rings. The highest BCUT2D eigenvalue weighted by Gasteiger charge is 2.34. The van der Waals surface area contributed by atoms with Gasteiger partial charge in [-0.25, -0.2) is 9.37 Å². The molecule has 0 radical (unpaired) electrons. The molecule has 2 rings (SSSR count). The first-order valence-electron chi connectivity index (χ1n) is 5.34. The maximum Gasteiger partial charge on any atom is 0.573 e. The van der Waals surface area contributed by atoms with E-state index in [0.29, 0.717) is 9.34 Å². The van der Waals surface area contributed by atoms with Gasteiger partial charge in [-0.15, -0.1) is 24.5 Å². The maximum atomic E-state index is 13.6. The molecule has 0 unspecified atom stereocenters. The number of ether oxygens (including phenoxy) is 1. The van der Waals surface area contributed by atoms with E-state index in [-0.39, 0.29) is 16.7 Å². The van der Waals surface area contributed by atoms with E-state index in [9.17, 15) is 17.6 Å². The molecule has 0 aliphatic rings. The summed E-state index contributed by atoms with van der Waals surface area (Å²) in [6.07, 6.45) is -3.52. The number of aromatic nitrogens is 1. The van der Waals surface area contributed by atoms with Crippen LogP contribution in [-0.4, -0.2) is 11.3 Å². The maximum absolute atomic E-state index is 13.6.